The van der Waals surface area contributed by atoms with Crippen molar-refractivity contribution in [3.05, 3.63) is 61.8 Å². The Hall–Kier alpha value is -0.290. The molecule has 0 fully saturated rings. The van der Waals surface area contributed by atoms with Gasteiger partial charge in [0.25, 0.3) is 0 Å². The standard InChI is InChI=1S/C14H9Br2Cl2FO/c1-20-13-6-12(19)10(15)5-9(13)14(16)8-4-7(17)2-3-11(8)18/h2-6,14H,1H3. The van der Waals surface area contributed by atoms with Crippen LogP contribution in [0.15, 0.2) is 34.8 Å². The number of methoxy groups -OCH3 is 1. The molecule has 2 aromatic rings. The van der Waals surface area contributed by atoms with Crippen molar-refractivity contribution in [3.63, 3.8) is 0 Å². The summed E-state index contributed by atoms with van der Waals surface area (Å²) in [6, 6.07) is 8.18. The summed E-state index contributed by atoms with van der Waals surface area (Å²) < 4.78 is 19.2. The van der Waals surface area contributed by atoms with Crippen LogP contribution >= 0.6 is 55.1 Å². The third kappa shape index (κ3) is 3.30. The van der Waals surface area contributed by atoms with Crippen LogP contribution in [0.2, 0.25) is 10.0 Å². The lowest BCUT2D eigenvalue weighted by molar-refractivity contribution is 0.406. The Morgan fingerprint density at radius 2 is 1.85 bits per heavy atom. The second-order valence-electron chi connectivity index (χ2n) is 4.04. The monoisotopic (exact) mass is 440 g/mol. The molecule has 0 saturated heterocycles. The number of benzene rings is 2. The van der Waals surface area contributed by atoms with E-state index in [1.54, 1.807) is 24.3 Å². The first-order valence-corrected chi connectivity index (χ1v) is 8.02. The fourth-order valence-corrected chi connectivity index (χ4v) is 3.43. The fourth-order valence-electron chi connectivity index (χ4n) is 1.80. The highest BCUT2D eigenvalue weighted by molar-refractivity contribution is 9.10. The van der Waals surface area contributed by atoms with Gasteiger partial charge in [0.15, 0.2) is 0 Å². The van der Waals surface area contributed by atoms with Crippen molar-refractivity contribution in [1.29, 1.82) is 0 Å². The van der Waals surface area contributed by atoms with Gasteiger partial charge in [-0.3, -0.25) is 0 Å². The quantitative estimate of drug-likeness (QED) is 0.500. The van der Waals surface area contributed by atoms with Gasteiger partial charge in [-0.2, -0.15) is 0 Å². The van der Waals surface area contributed by atoms with Gasteiger partial charge in [-0.05, 0) is 45.8 Å². The molecule has 1 atom stereocenters. The first kappa shape index (κ1) is 16.1. The molecule has 0 radical (unpaired) electrons. The minimum atomic E-state index is -0.387. The van der Waals surface area contributed by atoms with Crippen LogP contribution in [0, 0.1) is 5.82 Å². The zero-order valence-corrected chi connectivity index (χ0v) is 14.9. The van der Waals surface area contributed by atoms with Crippen LogP contribution in [0.5, 0.6) is 5.75 Å². The highest BCUT2D eigenvalue weighted by Crippen LogP contribution is 2.42. The topological polar surface area (TPSA) is 9.23 Å². The number of ether oxygens (including phenoxy) is 1. The van der Waals surface area contributed by atoms with Crippen molar-refractivity contribution < 1.29 is 9.13 Å². The van der Waals surface area contributed by atoms with E-state index in [0.717, 1.165) is 11.1 Å². The lowest BCUT2D eigenvalue weighted by Gasteiger charge is -2.17. The molecule has 0 spiro atoms. The summed E-state index contributed by atoms with van der Waals surface area (Å²) in [6.45, 7) is 0. The normalized spacial score (nSPS) is 12.3. The van der Waals surface area contributed by atoms with E-state index in [4.69, 9.17) is 27.9 Å². The Kier molecular flexibility index (Phi) is 5.35. The van der Waals surface area contributed by atoms with Crippen LogP contribution in [0.4, 0.5) is 4.39 Å². The molecule has 1 unspecified atom stereocenters. The van der Waals surface area contributed by atoms with Crippen molar-refractivity contribution in [2.24, 2.45) is 0 Å². The molecule has 0 aliphatic carbocycles. The first-order chi connectivity index (χ1) is 9.43. The molecule has 2 rings (SSSR count). The van der Waals surface area contributed by atoms with Crippen molar-refractivity contribution in [2.75, 3.05) is 7.11 Å². The van der Waals surface area contributed by atoms with E-state index in [0.29, 0.717) is 20.3 Å². The third-order valence-corrected chi connectivity index (χ3v) is 4.95. The molecule has 0 aliphatic heterocycles. The van der Waals surface area contributed by atoms with Crippen LogP contribution in [0.1, 0.15) is 16.0 Å². The van der Waals surface area contributed by atoms with Gasteiger partial charge < -0.3 is 4.74 Å². The molecule has 0 saturated carbocycles. The minimum absolute atomic E-state index is 0.263. The van der Waals surface area contributed by atoms with E-state index in [1.165, 1.54) is 13.2 Å². The van der Waals surface area contributed by atoms with Gasteiger partial charge >= 0.3 is 0 Å². The predicted molar refractivity (Wildman–Crippen MR) is 87.9 cm³/mol. The highest BCUT2D eigenvalue weighted by Gasteiger charge is 2.20. The first-order valence-electron chi connectivity index (χ1n) is 5.56. The van der Waals surface area contributed by atoms with Crippen LogP contribution in [0.25, 0.3) is 0 Å². The van der Waals surface area contributed by atoms with Gasteiger partial charge in [-0.25, -0.2) is 4.39 Å². The van der Waals surface area contributed by atoms with Gasteiger partial charge in [-0.15, -0.1) is 0 Å². The summed E-state index contributed by atoms with van der Waals surface area (Å²) in [5, 5.41) is 1.15. The second kappa shape index (κ2) is 6.65. The van der Waals surface area contributed by atoms with Crippen molar-refractivity contribution in [1.82, 2.24) is 0 Å². The van der Waals surface area contributed by atoms with Crippen molar-refractivity contribution in [3.8, 4) is 5.75 Å². The molecule has 106 valence electrons. The number of hydrogen-bond donors (Lipinski definition) is 0. The maximum absolute atomic E-state index is 13.6. The van der Waals surface area contributed by atoms with E-state index in [-0.39, 0.29) is 10.6 Å². The van der Waals surface area contributed by atoms with Gasteiger partial charge in [0.05, 0.1) is 16.4 Å². The summed E-state index contributed by atoms with van der Waals surface area (Å²) in [6.07, 6.45) is 0. The number of halogens is 5. The van der Waals surface area contributed by atoms with Gasteiger partial charge in [0, 0.05) is 21.7 Å². The summed E-state index contributed by atoms with van der Waals surface area (Å²) in [5.41, 5.74) is 1.54. The van der Waals surface area contributed by atoms with Crippen LogP contribution < -0.4 is 4.74 Å². The zero-order valence-electron chi connectivity index (χ0n) is 10.3. The molecule has 0 aromatic heterocycles. The van der Waals surface area contributed by atoms with Crippen molar-refractivity contribution >= 4 is 55.1 Å². The van der Waals surface area contributed by atoms with E-state index in [2.05, 4.69) is 31.9 Å². The lowest BCUT2D eigenvalue weighted by atomic mass is 10.0. The Morgan fingerprint density at radius 1 is 1.15 bits per heavy atom. The predicted octanol–water partition coefficient (Wildman–Crippen LogP) is 6.39. The maximum Gasteiger partial charge on any atom is 0.141 e. The van der Waals surface area contributed by atoms with Crippen LogP contribution in [-0.2, 0) is 0 Å². The molecular formula is C14H9Br2Cl2FO. The molecule has 6 heteroatoms. The summed E-state index contributed by atoms with van der Waals surface area (Å²) in [5.74, 6) is 0.0473. The fraction of sp³-hybridized carbons (Fsp3) is 0.143. The number of alkyl halides is 1. The van der Waals surface area contributed by atoms with Gasteiger partial charge in [0.2, 0.25) is 0 Å². The number of hydrogen-bond acceptors (Lipinski definition) is 1. The van der Waals surface area contributed by atoms with Gasteiger partial charge in [-0.1, -0.05) is 39.1 Å². The van der Waals surface area contributed by atoms with E-state index in [9.17, 15) is 4.39 Å². The average molecular weight is 443 g/mol. The molecule has 0 bridgehead atoms. The molecule has 1 nitrogen and oxygen atoms in total. The molecule has 0 aliphatic rings. The Balaban J connectivity index is 2.55. The molecule has 2 aromatic carbocycles. The van der Waals surface area contributed by atoms with Gasteiger partial charge in [0.1, 0.15) is 11.6 Å². The Bertz CT molecular complexity index is 649. The highest BCUT2D eigenvalue weighted by atomic mass is 79.9. The lowest BCUT2D eigenvalue weighted by Crippen LogP contribution is -1.99. The largest absolute Gasteiger partial charge is 0.496 e. The minimum Gasteiger partial charge on any atom is -0.496 e. The Labute approximate surface area is 143 Å². The maximum atomic E-state index is 13.6. The summed E-state index contributed by atoms with van der Waals surface area (Å²) in [4.78, 5) is -0.263. The average Bonchev–Trinajstić information content (AvgIpc) is 2.43. The summed E-state index contributed by atoms with van der Waals surface area (Å²) in [7, 11) is 1.49. The van der Waals surface area contributed by atoms with Crippen LogP contribution in [-0.4, -0.2) is 7.11 Å². The molecule has 0 N–H and O–H groups in total. The Morgan fingerprint density at radius 3 is 2.50 bits per heavy atom. The van der Waals surface area contributed by atoms with E-state index in [1.807, 2.05) is 0 Å². The summed E-state index contributed by atoms with van der Waals surface area (Å²) >= 11 is 18.9. The third-order valence-electron chi connectivity index (χ3n) is 2.78. The smallest absolute Gasteiger partial charge is 0.141 e. The van der Waals surface area contributed by atoms with Crippen LogP contribution in [0.3, 0.4) is 0 Å². The van der Waals surface area contributed by atoms with E-state index < -0.39 is 0 Å². The molecular weight excluding hydrogens is 434 g/mol. The molecule has 20 heavy (non-hydrogen) atoms. The van der Waals surface area contributed by atoms with Crippen molar-refractivity contribution in [2.45, 2.75) is 4.83 Å². The molecule has 0 amide bonds. The molecule has 0 heterocycles. The zero-order chi connectivity index (χ0) is 14.9. The SMILES string of the molecule is COc1cc(F)c(Br)cc1C(Br)c1cc(Cl)ccc1Cl. The number of rotatable bonds is 3. The second-order valence-corrected chi connectivity index (χ2v) is 6.65. The van der Waals surface area contributed by atoms with E-state index >= 15 is 0 Å².